The summed E-state index contributed by atoms with van der Waals surface area (Å²) in [5, 5.41) is 3.69. The van der Waals surface area contributed by atoms with Crippen LogP contribution in [0.15, 0.2) is 35.6 Å². The summed E-state index contributed by atoms with van der Waals surface area (Å²) in [5.74, 6) is 3.01. The number of nitrogens with one attached hydrogen (secondary N) is 1. The average molecular weight is 392 g/mol. The number of ether oxygens (including phenoxy) is 2. The number of hydrogen-bond acceptors (Lipinski definition) is 6. The molecular weight excluding hydrogens is 370 g/mol. The highest BCUT2D eigenvalue weighted by molar-refractivity contribution is 6.30. The number of esters is 1. The van der Waals surface area contributed by atoms with Crippen LogP contribution in [-0.4, -0.2) is 37.1 Å². The number of benzene rings is 1. The van der Waals surface area contributed by atoms with Gasteiger partial charge in [-0.25, -0.2) is 9.59 Å². The van der Waals surface area contributed by atoms with Crippen molar-refractivity contribution in [3.05, 3.63) is 40.6 Å². The second kappa shape index (κ2) is 9.43. The summed E-state index contributed by atoms with van der Waals surface area (Å²) in [5.41, 5.74) is -0.503. The first kappa shape index (κ1) is 20.8. The number of carbonyl (C=O) groups is 1. The van der Waals surface area contributed by atoms with Crippen LogP contribution >= 0.6 is 11.6 Å². The van der Waals surface area contributed by atoms with Gasteiger partial charge in [0.05, 0.1) is 13.2 Å². The van der Waals surface area contributed by atoms with Crippen LogP contribution in [0, 0.1) is 5.41 Å². The molecule has 1 N–H and O–H groups in total. The van der Waals surface area contributed by atoms with Crippen molar-refractivity contribution in [2.75, 3.05) is 18.5 Å². The van der Waals surface area contributed by atoms with Crippen molar-refractivity contribution in [3.63, 3.8) is 0 Å². The summed E-state index contributed by atoms with van der Waals surface area (Å²) < 4.78 is 10.7. The van der Waals surface area contributed by atoms with Crippen molar-refractivity contribution in [2.45, 2.75) is 39.2 Å². The predicted molar refractivity (Wildman–Crippen MR) is 102 cm³/mol. The van der Waals surface area contributed by atoms with Crippen LogP contribution < -0.4 is 5.32 Å². The molecule has 1 fully saturated rings. The van der Waals surface area contributed by atoms with E-state index >= 15 is 0 Å². The van der Waals surface area contributed by atoms with Crippen molar-refractivity contribution in [2.24, 2.45) is 5.41 Å². The van der Waals surface area contributed by atoms with Crippen molar-refractivity contribution in [1.82, 2.24) is 0 Å². The number of halogens is 1. The summed E-state index contributed by atoms with van der Waals surface area (Å²) in [7, 11) is 0. The van der Waals surface area contributed by atoms with Gasteiger partial charge in [-0.15, -0.1) is 0 Å². The topological polar surface area (TPSA) is 81.7 Å². The third-order valence-corrected chi connectivity index (χ3v) is 4.86. The van der Waals surface area contributed by atoms with E-state index in [4.69, 9.17) is 21.1 Å². The monoisotopic (exact) mass is 391 g/mol. The molecule has 1 aromatic rings. The summed E-state index contributed by atoms with van der Waals surface area (Å²) in [6.07, 6.45) is 1.33. The zero-order valence-electron chi connectivity index (χ0n) is 15.3. The standard InChI is InChI=1S/C20H22ClNO5/c1-3-26-17(13-24)18(22-16-9-7-15(21)8-10-16)20(19(25)27-4-2)11-5-6-14(20)12-23/h7-10,18,22H,3-6,11H2,1-2H3. The van der Waals surface area contributed by atoms with Crippen molar-refractivity contribution < 1.29 is 23.9 Å². The third kappa shape index (κ3) is 4.25. The molecule has 0 aromatic heterocycles. The zero-order chi connectivity index (χ0) is 19.9. The molecule has 0 saturated heterocycles. The first-order valence-electron chi connectivity index (χ1n) is 8.85. The SMILES string of the molecule is CCOC(=O)C1(C(Nc2ccc(Cl)cc2)C(=C=O)OCC)CCCC1=C=O. The fraction of sp³-hybridized carbons (Fsp3) is 0.450. The number of carbonyl (C=O) groups excluding carboxylic acids is 3. The smallest absolute Gasteiger partial charge is 0.319 e. The van der Waals surface area contributed by atoms with Gasteiger partial charge in [-0.2, -0.15) is 0 Å². The molecule has 0 spiro atoms. The highest BCUT2D eigenvalue weighted by atomic mass is 35.5. The van der Waals surface area contributed by atoms with Crippen LogP contribution in [0.25, 0.3) is 0 Å². The molecule has 2 rings (SSSR count). The van der Waals surface area contributed by atoms with E-state index in [2.05, 4.69) is 5.32 Å². The van der Waals surface area contributed by atoms with Crippen LogP contribution in [0.5, 0.6) is 0 Å². The Hall–Kier alpha value is -2.52. The van der Waals surface area contributed by atoms with Gasteiger partial charge in [-0.05, 0) is 57.4 Å². The molecule has 0 heterocycles. The van der Waals surface area contributed by atoms with Gasteiger partial charge < -0.3 is 14.8 Å². The van der Waals surface area contributed by atoms with Crippen molar-refractivity contribution >= 4 is 35.1 Å². The Bertz CT molecular complexity index is 778. The van der Waals surface area contributed by atoms with Crippen LogP contribution in [0.3, 0.4) is 0 Å². The van der Waals surface area contributed by atoms with E-state index in [1.165, 1.54) is 0 Å². The molecule has 0 bridgehead atoms. The minimum absolute atomic E-state index is 0.0878. The Labute approximate surface area is 163 Å². The molecule has 0 aliphatic heterocycles. The van der Waals surface area contributed by atoms with Crippen LogP contribution in [-0.2, 0) is 23.9 Å². The molecule has 2 unspecified atom stereocenters. The second-order valence-corrected chi connectivity index (χ2v) is 6.55. The maximum atomic E-state index is 13.0. The molecule has 2 atom stereocenters. The molecule has 0 amide bonds. The van der Waals surface area contributed by atoms with Gasteiger partial charge in [0.1, 0.15) is 17.4 Å². The molecule has 7 heteroatoms. The summed E-state index contributed by atoms with van der Waals surface area (Å²) in [4.78, 5) is 36.3. The summed E-state index contributed by atoms with van der Waals surface area (Å²) >= 11 is 5.93. The molecule has 1 aliphatic carbocycles. The fourth-order valence-corrected chi connectivity index (χ4v) is 3.56. The normalized spacial score (nSPS) is 19.6. The van der Waals surface area contributed by atoms with Gasteiger partial charge in [-0.3, -0.25) is 4.79 Å². The maximum absolute atomic E-state index is 13.0. The zero-order valence-corrected chi connectivity index (χ0v) is 16.1. The van der Waals surface area contributed by atoms with Gasteiger partial charge >= 0.3 is 5.97 Å². The second-order valence-electron chi connectivity index (χ2n) is 6.11. The molecule has 1 saturated carbocycles. The number of anilines is 1. The van der Waals surface area contributed by atoms with E-state index in [0.29, 0.717) is 30.0 Å². The Morgan fingerprint density at radius 2 is 1.89 bits per heavy atom. The summed E-state index contributed by atoms with van der Waals surface area (Å²) in [6, 6.07) is 5.82. The van der Waals surface area contributed by atoms with E-state index in [-0.39, 0.29) is 24.5 Å². The Balaban J connectivity index is 2.59. The fourth-order valence-electron chi connectivity index (χ4n) is 3.43. The van der Waals surface area contributed by atoms with Crippen LogP contribution in [0.1, 0.15) is 33.1 Å². The highest BCUT2D eigenvalue weighted by Gasteiger charge is 2.56. The van der Waals surface area contributed by atoms with E-state index in [1.54, 1.807) is 44.1 Å². The Morgan fingerprint density at radius 3 is 2.44 bits per heavy atom. The minimum atomic E-state index is -1.38. The van der Waals surface area contributed by atoms with Gasteiger partial charge in [0, 0.05) is 16.3 Å². The number of rotatable bonds is 8. The predicted octanol–water partition coefficient (Wildman–Crippen LogP) is 3.36. The van der Waals surface area contributed by atoms with Crippen molar-refractivity contribution in [1.29, 1.82) is 0 Å². The van der Waals surface area contributed by atoms with Crippen LogP contribution in [0.2, 0.25) is 5.02 Å². The lowest BCUT2D eigenvalue weighted by Crippen LogP contribution is -2.49. The number of hydrogen-bond donors (Lipinski definition) is 1. The minimum Gasteiger partial charge on any atom is -0.485 e. The lowest BCUT2D eigenvalue weighted by molar-refractivity contribution is -0.153. The Kier molecular flexibility index (Phi) is 7.26. The van der Waals surface area contributed by atoms with E-state index < -0.39 is 17.4 Å². The van der Waals surface area contributed by atoms with Gasteiger partial charge in [0.2, 0.25) is 5.76 Å². The van der Waals surface area contributed by atoms with E-state index in [1.807, 2.05) is 5.94 Å². The molecule has 1 aliphatic rings. The molecule has 1 aromatic carbocycles. The van der Waals surface area contributed by atoms with Gasteiger partial charge in [0.15, 0.2) is 5.94 Å². The average Bonchev–Trinajstić information content (AvgIpc) is 3.11. The van der Waals surface area contributed by atoms with Gasteiger partial charge in [0.25, 0.3) is 0 Å². The Morgan fingerprint density at radius 1 is 1.22 bits per heavy atom. The largest absolute Gasteiger partial charge is 0.485 e. The first-order valence-corrected chi connectivity index (χ1v) is 9.22. The maximum Gasteiger partial charge on any atom is 0.319 e. The lowest BCUT2D eigenvalue weighted by Gasteiger charge is -2.36. The molecule has 27 heavy (non-hydrogen) atoms. The van der Waals surface area contributed by atoms with Crippen LogP contribution in [0.4, 0.5) is 5.69 Å². The summed E-state index contributed by atoms with van der Waals surface area (Å²) in [6.45, 7) is 3.77. The molecular formula is C20H22ClNO5. The molecule has 144 valence electrons. The third-order valence-electron chi connectivity index (χ3n) is 4.61. The quantitative estimate of drug-likeness (QED) is 0.415. The molecule has 6 nitrogen and oxygen atoms in total. The van der Waals surface area contributed by atoms with E-state index in [9.17, 15) is 14.4 Å². The highest BCUT2D eigenvalue weighted by Crippen LogP contribution is 2.48. The lowest BCUT2D eigenvalue weighted by atomic mass is 9.74. The van der Waals surface area contributed by atoms with Crippen molar-refractivity contribution in [3.8, 4) is 0 Å². The van der Waals surface area contributed by atoms with Gasteiger partial charge in [-0.1, -0.05) is 11.6 Å². The molecule has 0 radical (unpaired) electrons. The first-order chi connectivity index (χ1) is 13.0. The van der Waals surface area contributed by atoms with E-state index in [0.717, 1.165) is 0 Å².